The Hall–Kier alpha value is -1.95. The molecule has 2 aliphatic heterocycles. The molecule has 0 bridgehead atoms. The molecule has 1 aromatic rings. The van der Waals surface area contributed by atoms with Crippen LogP contribution in [0.15, 0.2) is 18.2 Å². The van der Waals surface area contributed by atoms with Crippen molar-refractivity contribution in [2.75, 3.05) is 37.7 Å². The number of fused-ring (bicyclic) bond motifs is 1. The molecule has 0 aliphatic carbocycles. The average Bonchev–Trinajstić information content (AvgIpc) is 2.66. The van der Waals surface area contributed by atoms with Gasteiger partial charge in [-0.15, -0.1) is 0 Å². The van der Waals surface area contributed by atoms with Crippen molar-refractivity contribution in [2.24, 2.45) is 11.8 Å². The van der Waals surface area contributed by atoms with Crippen molar-refractivity contribution < 1.29 is 14.3 Å². The Morgan fingerprint density at radius 3 is 2.70 bits per heavy atom. The van der Waals surface area contributed by atoms with Gasteiger partial charge in [0.1, 0.15) is 12.4 Å². The molecule has 7 heteroatoms. The third-order valence-corrected chi connectivity index (χ3v) is 5.41. The number of piperidine rings is 1. The Morgan fingerprint density at radius 2 is 2.00 bits per heavy atom. The number of hydrogen-bond acceptors (Lipinski definition) is 3. The second-order valence-corrected chi connectivity index (χ2v) is 8.07. The maximum atomic E-state index is 13.0. The Morgan fingerprint density at radius 1 is 1.26 bits per heavy atom. The number of anilines is 1. The van der Waals surface area contributed by atoms with Crippen molar-refractivity contribution in [3.8, 4) is 5.75 Å². The van der Waals surface area contributed by atoms with Crippen LogP contribution >= 0.6 is 11.6 Å². The quantitative estimate of drug-likeness (QED) is 0.851. The highest BCUT2D eigenvalue weighted by molar-refractivity contribution is 6.31. The smallest absolute Gasteiger partial charge is 0.324 e. The summed E-state index contributed by atoms with van der Waals surface area (Å²) < 4.78 is 5.62. The molecule has 2 heterocycles. The molecule has 1 saturated heterocycles. The van der Waals surface area contributed by atoms with E-state index in [2.05, 4.69) is 19.2 Å². The highest BCUT2D eigenvalue weighted by Gasteiger charge is 2.32. The van der Waals surface area contributed by atoms with E-state index in [4.69, 9.17) is 16.3 Å². The summed E-state index contributed by atoms with van der Waals surface area (Å²) in [6.07, 6.45) is 2.39. The zero-order chi connectivity index (χ0) is 19.4. The number of halogens is 1. The Labute approximate surface area is 165 Å². The van der Waals surface area contributed by atoms with Crippen molar-refractivity contribution in [3.63, 3.8) is 0 Å². The highest BCUT2D eigenvalue weighted by Crippen LogP contribution is 2.35. The van der Waals surface area contributed by atoms with Crippen molar-refractivity contribution >= 4 is 29.2 Å². The molecule has 0 unspecified atom stereocenters. The third kappa shape index (κ3) is 4.86. The Bertz CT molecular complexity index is 687. The SMILES string of the molecule is CC(C)CCNC(=O)C1CCN(C(=O)N2CCOc3ccc(Cl)cc32)CC1. The molecule has 0 spiro atoms. The van der Waals surface area contributed by atoms with Crippen LogP contribution in [0.3, 0.4) is 0 Å². The zero-order valence-corrected chi connectivity index (χ0v) is 16.8. The first-order chi connectivity index (χ1) is 13.0. The molecule has 2 aliphatic rings. The lowest BCUT2D eigenvalue weighted by molar-refractivity contribution is -0.126. The first-order valence-corrected chi connectivity index (χ1v) is 10.1. The Kier molecular flexibility index (Phi) is 6.47. The predicted octanol–water partition coefficient (Wildman–Crippen LogP) is 3.53. The summed E-state index contributed by atoms with van der Waals surface area (Å²) in [6.45, 7) is 7.17. The van der Waals surface area contributed by atoms with Crippen LogP contribution in [0, 0.1) is 11.8 Å². The number of benzene rings is 1. The van der Waals surface area contributed by atoms with Gasteiger partial charge in [-0.3, -0.25) is 9.69 Å². The lowest BCUT2D eigenvalue weighted by Crippen LogP contribution is -2.50. The Balaban J connectivity index is 1.55. The number of nitrogens with one attached hydrogen (secondary N) is 1. The van der Waals surface area contributed by atoms with Gasteiger partial charge in [-0.05, 0) is 43.4 Å². The van der Waals surface area contributed by atoms with Crippen LogP contribution in [0.1, 0.15) is 33.1 Å². The molecular weight excluding hydrogens is 366 g/mol. The number of likely N-dealkylation sites (tertiary alicyclic amines) is 1. The minimum atomic E-state index is -0.0412. The standard InChI is InChI=1S/C20H28ClN3O3/c1-14(2)5-8-22-19(25)15-6-9-23(10-7-15)20(26)24-11-12-27-18-4-3-16(21)13-17(18)24/h3-4,13-15H,5-12H2,1-2H3,(H,22,25). The molecule has 0 atom stereocenters. The first-order valence-electron chi connectivity index (χ1n) is 9.72. The minimum Gasteiger partial charge on any atom is -0.490 e. The van der Waals surface area contributed by atoms with Gasteiger partial charge in [0, 0.05) is 30.6 Å². The van der Waals surface area contributed by atoms with Crippen LogP contribution in [-0.2, 0) is 4.79 Å². The molecule has 1 aromatic carbocycles. The molecule has 0 radical (unpaired) electrons. The van der Waals surface area contributed by atoms with Crippen LogP contribution in [0.5, 0.6) is 5.75 Å². The molecule has 6 nitrogen and oxygen atoms in total. The number of nitrogens with zero attached hydrogens (tertiary/aromatic N) is 2. The molecule has 148 valence electrons. The van der Waals surface area contributed by atoms with Crippen LogP contribution < -0.4 is 15.0 Å². The van der Waals surface area contributed by atoms with Crippen molar-refractivity contribution in [2.45, 2.75) is 33.1 Å². The predicted molar refractivity (Wildman–Crippen MR) is 106 cm³/mol. The number of ether oxygens (including phenoxy) is 1. The average molecular weight is 394 g/mol. The van der Waals surface area contributed by atoms with Gasteiger partial charge in [-0.2, -0.15) is 0 Å². The fraction of sp³-hybridized carbons (Fsp3) is 0.600. The number of carbonyl (C=O) groups excluding carboxylic acids is 2. The van der Waals surface area contributed by atoms with E-state index in [0.29, 0.717) is 61.5 Å². The molecule has 0 saturated carbocycles. The van der Waals surface area contributed by atoms with E-state index in [1.165, 1.54) is 0 Å². The fourth-order valence-electron chi connectivity index (χ4n) is 3.52. The fourth-order valence-corrected chi connectivity index (χ4v) is 3.69. The van der Waals surface area contributed by atoms with Crippen molar-refractivity contribution in [1.29, 1.82) is 0 Å². The first kappa shape index (κ1) is 19.8. The topological polar surface area (TPSA) is 61.9 Å². The summed E-state index contributed by atoms with van der Waals surface area (Å²) in [5.74, 6) is 1.37. The molecule has 1 fully saturated rings. The monoisotopic (exact) mass is 393 g/mol. The van der Waals surface area contributed by atoms with Crippen molar-refractivity contribution in [3.05, 3.63) is 23.2 Å². The number of urea groups is 1. The molecule has 3 amide bonds. The van der Waals surface area contributed by atoms with Gasteiger partial charge in [-0.25, -0.2) is 4.79 Å². The summed E-state index contributed by atoms with van der Waals surface area (Å²) >= 11 is 6.10. The van der Waals surface area contributed by atoms with Crippen LogP contribution in [0.4, 0.5) is 10.5 Å². The number of rotatable bonds is 4. The maximum Gasteiger partial charge on any atom is 0.324 e. The summed E-state index contributed by atoms with van der Waals surface area (Å²) in [5, 5.41) is 3.60. The minimum absolute atomic E-state index is 0.00682. The van der Waals surface area contributed by atoms with E-state index in [-0.39, 0.29) is 17.9 Å². The van der Waals surface area contributed by atoms with E-state index in [0.717, 1.165) is 13.0 Å². The van der Waals surface area contributed by atoms with Gasteiger partial charge < -0.3 is 15.0 Å². The number of hydrogen-bond donors (Lipinski definition) is 1. The van der Waals surface area contributed by atoms with Crippen LogP contribution in [-0.4, -0.2) is 49.6 Å². The molecule has 3 rings (SSSR count). The van der Waals surface area contributed by atoms with E-state index in [1.54, 1.807) is 23.1 Å². The van der Waals surface area contributed by atoms with Crippen molar-refractivity contribution in [1.82, 2.24) is 10.2 Å². The van der Waals surface area contributed by atoms with E-state index >= 15 is 0 Å². The lowest BCUT2D eigenvalue weighted by atomic mass is 9.96. The number of carbonyl (C=O) groups is 2. The molecule has 27 heavy (non-hydrogen) atoms. The summed E-state index contributed by atoms with van der Waals surface area (Å²) in [7, 11) is 0. The third-order valence-electron chi connectivity index (χ3n) is 5.17. The van der Waals surface area contributed by atoms with E-state index in [1.807, 2.05) is 4.90 Å². The highest BCUT2D eigenvalue weighted by atomic mass is 35.5. The summed E-state index contributed by atoms with van der Waals surface area (Å²) in [6, 6.07) is 5.28. The van der Waals surface area contributed by atoms with Gasteiger partial charge in [0.15, 0.2) is 0 Å². The molecular formula is C20H28ClN3O3. The second-order valence-electron chi connectivity index (χ2n) is 7.63. The van der Waals surface area contributed by atoms with Gasteiger partial charge in [0.2, 0.25) is 5.91 Å². The van der Waals surface area contributed by atoms with E-state index in [9.17, 15) is 9.59 Å². The van der Waals surface area contributed by atoms with Crippen LogP contribution in [0.25, 0.3) is 0 Å². The van der Waals surface area contributed by atoms with Gasteiger partial charge >= 0.3 is 6.03 Å². The molecule has 0 aromatic heterocycles. The van der Waals surface area contributed by atoms with Gasteiger partial charge in [0.25, 0.3) is 0 Å². The van der Waals surface area contributed by atoms with Crippen LogP contribution in [0.2, 0.25) is 5.02 Å². The van der Waals surface area contributed by atoms with Gasteiger partial charge in [-0.1, -0.05) is 25.4 Å². The summed E-state index contributed by atoms with van der Waals surface area (Å²) in [5.41, 5.74) is 0.715. The van der Waals surface area contributed by atoms with Gasteiger partial charge in [0.05, 0.1) is 12.2 Å². The number of amides is 3. The summed E-state index contributed by atoms with van der Waals surface area (Å²) in [4.78, 5) is 28.9. The van der Waals surface area contributed by atoms with E-state index < -0.39 is 0 Å². The molecule has 1 N–H and O–H groups in total. The zero-order valence-electron chi connectivity index (χ0n) is 16.0. The largest absolute Gasteiger partial charge is 0.490 e. The normalized spacial score (nSPS) is 17.5. The maximum absolute atomic E-state index is 13.0. The second kappa shape index (κ2) is 8.83. The lowest BCUT2D eigenvalue weighted by Gasteiger charge is -2.37.